The molecule has 2 aromatic carbocycles. The quantitative estimate of drug-likeness (QED) is 0.380. The minimum atomic E-state index is -0.241. The summed E-state index contributed by atoms with van der Waals surface area (Å²) < 4.78 is 13.0. The Labute approximate surface area is 240 Å². The molecule has 1 amide bonds. The zero-order valence-electron chi connectivity index (χ0n) is 23.6. The molecule has 0 unspecified atom stereocenters. The molecule has 3 aliphatic heterocycles. The standard InChI is InChI=1S/C32H39N3O4S/c1-22-9-14-33(15-10-22)32(37)24-7-8-28-26(19-24)27-21-34(25-12-17-39-18-13-25)16-11-29(27)35(28)40-30-6-4-3-5-23(30)20-31(36)38-2/h3-8,19,22,25H,9-18,20-21H2,1-2H3. The molecule has 0 N–H and O–H groups in total. The predicted molar refractivity (Wildman–Crippen MR) is 158 cm³/mol. The highest BCUT2D eigenvalue weighted by molar-refractivity contribution is 7.98. The zero-order valence-corrected chi connectivity index (χ0v) is 24.4. The topological polar surface area (TPSA) is 64.0 Å². The van der Waals surface area contributed by atoms with Crippen LogP contribution in [-0.2, 0) is 33.7 Å². The lowest BCUT2D eigenvalue weighted by Gasteiger charge is -2.37. The number of ether oxygens (including phenoxy) is 2. The molecule has 3 aliphatic rings. The number of amides is 1. The van der Waals surface area contributed by atoms with Crippen molar-refractivity contribution in [3.63, 3.8) is 0 Å². The maximum atomic E-state index is 13.5. The largest absolute Gasteiger partial charge is 0.469 e. The Bertz CT molecular complexity index is 1390. The van der Waals surface area contributed by atoms with Gasteiger partial charge in [0.15, 0.2) is 0 Å². The number of rotatable bonds is 6. The summed E-state index contributed by atoms with van der Waals surface area (Å²) in [5, 5.41) is 1.17. The normalized spacial score (nSPS) is 19.1. The first-order chi connectivity index (χ1) is 19.5. The Kier molecular flexibility index (Phi) is 8.19. The fourth-order valence-electron chi connectivity index (χ4n) is 6.40. The van der Waals surface area contributed by atoms with E-state index in [0.29, 0.717) is 12.0 Å². The summed E-state index contributed by atoms with van der Waals surface area (Å²) in [6, 6.07) is 14.9. The van der Waals surface area contributed by atoms with Crippen molar-refractivity contribution >= 4 is 34.7 Å². The van der Waals surface area contributed by atoms with E-state index in [1.54, 1.807) is 11.9 Å². The third-order valence-corrected chi connectivity index (χ3v) is 10.1. The van der Waals surface area contributed by atoms with E-state index in [4.69, 9.17) is 9.47 Å². The molecule has 4 heterocycles. The molecule has 6 rings (SSSR count). The zero-order chi connectivity index (χ0) is 27.6. The van der Waals surface area contributed by atoms with Gasteiger partial charge in [-0.1, -0.05) is 25.1 Å². The molecular formula is C32H39N3O4S. The fourth-order valence-corrected chi connectivity index (χ4v) is 7.56. The third kappa shape index (κ3) is 5.54. The van der Waals surface area contributed by atoms with Crippen molar-refractivity contribution in [2.45, 2.75) is 62.9 Å². The third-order valence-electron chi connectivity index (χ3n) is 8.88. The molecule has 0 radical (unpaired) electrons. The molecule has 0 atom stereocenters. The average Bonchev–Trinajstić information content (AvgIpc) is 3.30. The van der Waals surface area contributed by atoms with Crippen LogP contribution in [0.25, 0.3) is 10.9 Å². The van der Waals surface area contributed by atoms with Crippen molar-refractivity contribution in [3.8, 4) is 0 Å². The lowest BCUT2D eigenvalue weighted by atomic mass is 9.97. The number of carbonyl (C=O) groups excluding carboxylic acids is 2. The van der Waals surface area contributed by atoms with Gasteiger partial charge in [-0.3, -0.25) is 18.5 Å². The summed E-state index contributed by atoms with van der Waals surface area (Å²) in [4.78, 5) is 31.4. The van der Waals surface area contributed by atoms with Gasteiger partial charge in [0.1, 0.15) is 0 Å². The summed E-state index contributed by atoms with van der Waals surface area (Å²) in [5.41, 5.74) is 5.50. The molecule has 8 heteroatoms. The number of methoxy groups -OCH3 is 1. The second-order valence-corrected chi connectivity index (χ2v) is 12.4. The van der Waals surface area contributed by atoms with E-state index in [2.05, 4.69) is 34.0 Å². The molecule has 1 aromatic heterocycles. The van der Waals surface area contributed by atoms with Crippen LogP contribution in [0, 0.1) is 5.92 Å². The molecule has 0 saturated carbocycles. The fraction of sp³-hybridized carbons (Fsp3) is 0.500. The molecule has 2 saturated heterocycles. The number of piperidine rings is 1. The van der Waals surface area contributed by atoms with Gasteiger partial charge < -0.3 is 14.4 Å². The van der Waals surface area contributed by atoms with Crippen LogP contribution in [0.2, 0.25) is 0 Å². The maximum absolute atomic E-state index is 13.5. The van der Waals surface area contributed by atoms with Crippen molar-refractivity contribution < 1.29 is 19.1 Å². The Balaban J connectivity index is 1.38. The number of aromatic nitrogens is 1. The number of benzene rings is 2. The maximum Gasteiger partial charge on any atom is 0.310 e. The van der Waals surface area contributed by atoms with E-state index in [1.807, 2.05) is 29.2 Å². The summed E-state index contributed by atoms with van der Waals surface area (Å²) in [5.74, 6) is 0.584. The van der Waals surface area contributed by atoms with Crippen molar-refractivity contribution in [2.75, 3.05) is 40.0 Å². The average molecular weight is 562 g/mol. The van der Waals surface area contributed by atoms with E-state index >= 15 is 0 Å². The second kappa shape index (κ2) is 12.0. The molecule has 212 valence electrons. The number of esters is 1. The smallest absolute Gasteiger partial charge is 0.310 e. The van der Waals surface area contributed by atoms with Gasteiger partial charge in [-0.05, 0) is 78.9 Å². The van der Waals surface area contributed by atoms with Gasteiger partial charge in [0, 0.05) is 73.4 Å². The molecule has 0 spiro atoms. The Hall–Kier alpha value is -2.81. The van der Waals surface area contributed by atoms with Crippen molar-refractivity contribution in [1.29, 1.82) is 0 Å². The number of hydrogen-bond acceptors (Lipinski definition) is 6. The lowest BCUT2D eigenvalue weighted by Crippen LogP contribution is -2.42. The first-order valence-electron chi connectivity index (χ1n) is 14.6. The number of fused-ring (bicyclic) bond motifs is 3. The van der Waals surface area contributed by atoms with Crippen molar-refractivity contribution in [2.24, 2.45) is 5.92 Å². The predicted octanol–water partition coefficient (Wildman–Crippen LogP) is 5.32. The van der Waals surface area contributed by atoms with Gasteiger partial charge in [-0.25, -0.2) is 0 Å². The van der Waals surface area contributed by atoms with Crippen molar-refractivity contribution in [3.05, 3.63) is 64.8 Å². The first-order valence-corrected chi connectivity index (χ1v) is 15.4. The Morgan fingerprint density at radius 1 is 1.02 bits per heavy atom. The summed E-state index contributed by atoms with van der Waals surface area (Å²) in [6.07, 6.45) is 5.47. The number of carbonyl (C=O) groups is 2. The van der Waals surface area contributed by atoms with Gasteiger partial charge in [0.25, 0.3) is 5.91 Å². The molecule has 0 aliphatic carbocycles. The van der Waals surface area contributed by atoms with Crippen LogP contribution < -0.4 is 0 Å². The molecular weight excluding hydrogens is 522 g/mol. The first kappa shape index (κ1) is 27.4. The summed E-state index contributed by atoms with van der Waals surface area (Å²) in [6.45, 7) is 7.49. The van der Waals surface area contributed by atoms with Crippen LogP contribution in [0.15, 0.2) is 47.4 Å². The van der Waals surface area contributed by atoms with Gasteiger partial charge in [0.2, 0.25) is 0 Å². The number of likely N-dealkylation sites (tertiary alicyclic amines) is 1. The van der Waals surface area contributed by atoms with Crippen LogP contribution in [-0.4, -0.2) is 71.6 Å². The van der Waals surface area contributed by atoms with Crippen molar-refractivity contribution in [1.82, 2.24) is 13.8 Å². The minimum absolute atomic E-state index is 0.142. The van der Waals surface area contributed by atoms with Gasteiger partial charge in [0.05, 0.1) is 19.0 Å². The highest BCUT2D eigenvalue weighted by atomic mass is 32.2. The Morgan fingerprint density at radius 3 is 2.58 bits per heavy atom. The SMILES string of the molecule is COC(=O)Cc1ccccc1Sn1c2c(c3cc(C(=O)N4CCC(C)CC4)ccc31)CN(C1CCOCC1)CC2. The molecule has 3 aromatic rings. The Morgan fingerprint density at radius 2 is 1.80 bits per heavy atom. The molecule has 0 bridgehead atoms. The number of nitrogens with zero attached hydrogens (tertiary/aromatic N) is 3. The summed E-state index contributed by atoms with van der Waals surface area (Å²) in [7, 11) is 1.43. The molecule has 7 nitrogen and oxygen atoms in total. The molecule has 40 heavy (non-hydrogen) atoms. The van der Waals surface area contributed by atoms with Crippen LogP contribution >= 0.6 is 11.9 Å². The highest BCUT2D eigenvalue weighted by Gasteiger charge is 2.31. The minimum Gasteiger partial charge on any atom is -0.469 e. The van der Waals surface area contributed by atoms with E-state index < -0.39 is 0 Å². The lowest BCUT2D eigenvalue weighted by molar-refractivity contribution is -0.139. The number of hydrogen-bond donors (Lipinski definition) is 0. The van der Waals surface area contributed by atoms with Gasteiger partial charge in [-0.2, -0.15) is 0 Å². The van der Waals surface area contributed by atoms with Crippen LogP contribution in [0.4, 0.5) is 0 Å². The van der Waals surface area contributed by atoms with Crippen LogP contribution in [0.5, 0.6) is 0 Å². The van der Waals surface area contributed by atoms with Gasteiger partial charge in [-0.15, -0.1) is 0 Å². The van der Waals surface area contributed by atoms with Crippen LogP contribution in [0.1, 0.15) is 59.8 Å². The van der Waals surface area contributed by atoms with E-state index in [9.17, 15) is 9.59 Å². The highest BCUT2D eigenvalue weighted by Crippen LogP contribution is 2.39. The second-order valence-electron chi connectivity index (χ2n) is 11.4. The van der Waals surface area contributed by atoms with Gasteiger partial charge >= 0.3 is 5.97 Å². The monoisotopic (exact) mass is 561 g/mol. The molecule has 2 fully saturated rings. The van der Waals surface area contributed by atoms with Crippen LogP contribution in [0.3, 0.4) is 0 Å². The van der Waals surface area contributed by atoms with E-state index in [1.165, 1.54) is 23.8 Å². The summed E-state index contributed by atoms with van der Waals surface area (Å²) >= 11 is 1.67. The van der Waals surface area contributed by atoms with E-state index in [-0.39, 0.29) is 18.3 Å². The van der Waals surface area contributed by atoms with E-state index in [0.717, 1.165) is 93.0 Å².